The standard InChI is InChI=1S/C12H16ClN3/c13-11-9(3-4-12(14)5-6-12)10(8-1-2-8)15-7-16-11/h7-8H,1-6,14H2. The van der Waals surface area contributed by atoms with Crippen molar-refractivity contribution in [1.82, 2.24) is 9.97 Å². The maximum absolute atomic E-state index is 6.16. The Kier molecular flexibility index (Phi) is 2.41. The topological polar surface area (TPSA) is 51.8 Å². The van der Waals surface area contributed by atoms with Crippen molar-refractivity contribution < 1.29 is 0 Å². The van der Waals surface area contributed by atoms with Gasteiger partial charge in [-0.3, -0.25) is 0 Å². The second-order valence-corrected chi connectivity index (χ2v) is 5.52. The zero-order chi connectivity index (χ0) is 11.2. The minimum atomic E-state index is 0.0833. The molecule has 86 valence electrons. The van der Waals surface area contributed by atoms with Crippen molar-refractivity contribution in [2.75, 3.05) is 0 Å². The lowest BCUT2D eigenvalue weighted by molar-refractivity contribution is 0.604. The molecule has 3 nitrogen and oxygen atoms in total. The summed E-state index contributed by atoms with van der Waals surface area (Å²) >= 11 is 6.16. The molecule has 1 aromatic heterocycles. The number of rotatable bonds is 4. The van der Waals surface area contributed by atoms with Gasteiger partial charge in [-0.1, -0.05) is 11.6 Å². The van der Waals surface area contributed by atoms with Crippen LogP contribution in [0.4, 0.5) is 0 Å². The van der Waals surface area contributed by atoms with Gasteiger partial charge in [0.15, 0.2) is 0 Å². The molecule has 0 spiro atoms. The third kappa shape index (κ3) is 2.06. The third-order valence-electron chi connectivity index (χ3n) is 3.66. The molecule has 3 rings (SSSR count). The number of hydrogen-bond donors (Lipinski definition) is 1. The maximum Gasteiger partial charge on any atom is 0.135 e. The van der Waals surface area contributed by atoms with E-state index in [4.69, 9.17) is 17.3 Å². The predicted octanol–water partition coefficient (Wildman–Crippen LogP) is 2.43. The molecule has 0 saturated heterocycles. The molecule has 2 N–H and O–H groups in total. The van der Waals surface area contributed by atoms with Crippen molar-refractivity contribution in [2.45, 2.75) is 50.0 Å². The van der Waals surface area contributed by atoms with E-state index >= 15 is 0 Å². The van der Waals surface area contributed by atoms with Crippen LogP contribution < -0.4 is 5.73 Å². The summed E-state index contributed by atoms with van der Waals surface area (Å²) in [5.74, 6) is 0.628. The van der Waals surface area contributed by atoms with E-state index in [0.29, 0.717) is 11.1 Å². The fourth-order valence-electron chi connectivity index (χ4n) is 2.13. The molecule has 0 amide bonds. The SMILES string of the molecule is NC1(CCc2c(Cl)ncnc2C2CC2)CC1. The van der Waals surface area contributed by atoms with Gasteiger partial charge in [0.2, 0.25) is 0 Å². The van der Waals surface area contributed by atoms with Gasteiger partial charge in [-0.05, 0) is 38.5 Å². The number of aromatic nitrogens is 2. The van der Waals surface area contributed by atoms with Gasteiger partial charge in [0.05, 0.1) is 5.69 Å². The zero-order valence-corrected chi connectivity index (χ0v) is 10.0. The van der Waals surface area contributed by atoms with E-state index in [0.717, 1.165) is 31.2 Å². The van der Waals surface area contributed by atoms with Crippen LogP contribution in [0.5, 0.6) is 0 Å². The summed E-state index contributed by atoms with van der Waals surface area (Å²) in [6.07, 6.45) is 8.31. The van der Waals surface area contributed by atoms with Crippen LogP contribution in [0.1, 0.15) is 49.3 Å². The van der Waals surface area contributed by atoms with Crippen LogP contribution in [-0.2, 0) is 6.42 Å². The highest BCUT2D eigenvalue weighted by molar-refractivity contribution is 6.30. The molecule has 0 radical (unpaired) electrons. The Morgan fingerprint density at radius 2 is 2.12 bits per heavy atom. The molecule has 2 fully saturated rings. The first-order valence-electron chi connectivity index (χ1n) is 5.96. The van der Waals surface area contributed by atoms with Gasteiger partial charge < -0.3 is 5.73 Å². The van der Waals surface area contributed by atoms with Crippen molar-refractivity contribution in [3.05, 3.63) is 22.7 Å². The van der Waals surface area contributed by atoms with Gasteiger partial charge >= 0.3 is 0 Å². The van der Waals surface area contributed by atoms with E-state index in [-0.39, 0.29) is 5.54 Å². The fourth-order valence-corrected chi connectivity index (χ4v) is 2.36. The predicted molar refractivity (Wildman–Crippen MR) is 63.5 cm³/mol. The molecule has 2 aliphatic rings. The molecule has 2 saturated carbocycles. The lowest BCUT2D eigenvalue weighted by Gasteiger charge is -2.12. The Morgan fingerprint density at radius 1 is 1.38 bits per heavy atom. The van der Waals surface area contributed by atoms with Crippen molar-refractivity contribution in [2.24, 2.45) is 5.73 Å². The zero-order valence-electron chi connectivity index (χ0n) is 9.25. The second kappa shape index (κ2) is 3.67. The minimum absolute atomic E-state index is 0.0833. The van der Waals surface area contributed by atoms with Crippen molar-refractivity contribution in [1.29, 1.82) is 0 Å². The van der Waals surface area contributed by atoms with E-state index in [1.165, 1.54) is 18.5 Å². The molecule has 0 aromatic carbocycles. The molecule has 1 heterocycles. The molecule has 0 unspecified atom stereocenters. The number of halogens is 1. The lowest BCUT2D eigenvalue weighted by atomic mass is 10.0. The third-order valence-corrected chi connectivity index (χ3v) is 3.98. The normalized spacial score (nSPS) is 22.1. The summed E-state index contributed by atoms with van der Waals surface area (Å²) in [4.78, 5) is 8.47. The summed E-state index contributed by atoms with van der Waals surface area (Å²) in [5, 5.41) is 0.626. The molecule has 2 aliphatic carbocycles. The number of hydrogen-bond acceptors (Lipinski definition) is 3. The largest absolute Gasteiger partial charge is 0.325 e. The number of nitrogens with zero attached hydrogens (tertiary/aromatic N) is 2. The van der Waals surface area contributed by atoms with Crippen molar-refractivity contribution in [3.63, 3.8) is 0 Å². The van der Waals surface area contributed by atoms with Crippen molar-refractivity contribution in [3.8, 4) is 0 Å². The molecule has 0 bridgehead atoms. The van der Waals surface area contributed by atoms with Crippen LogP contribution in [0.2, 0.25) is 5.15 Å². The van der Waals surface area contributed by atoms with Crippen LogP contribution in [0, 0.1) is 0 Å². The van der Waals surface area contributed by atoms with Gasteiger partial charge in [-0.25, -0.2) is 9.97 Å². The fraction of sp³-hybridized carbons (Fsp3) is 0.667. The van der Waals surface area contributed by atoms with Gasteiger partial charge in [0.1, 0.15) is 11.5 Å². The van der Waals surface area contributed by atoms with E-state index in [9.17, 15) is 0 Å². The maximum atomic E-state index is 6.16. The highest BCUT2D eigenvalue weighted by Crippen LogP contribution is 2.43. The Bertz CT molecular complexity index is 411. The molecule has 16 heavy (non-hydrogen) atoms. The quantitative estimate of drug-likeness (QED) is 0.819. The van der Waals surface area contributed by atoms with Gasteiger partial charge in [-0.2, -0.15) is 0 Å². The molecule has 0 aliphatic heterocycles. The van der Waals surface area contributed by atoms with E-state index in [1.54, 1.807) is 6.33 Å². The van der Waals surface area contributed by atoms with Gasteiger partial charge in [0, 0.05) is 17.0 Å². The first-order chi connectivity index (χ1) is 7.68. The second-order valence-electron chi connectivity index (χ2n) is 5.16. The highest BCUT2D eigenvalue weighted by atomic mass is 35.5. The average molecular weight is 238 g/mol. The average Bonchev–Trinajstić information content (AvgIpc) is 3.12. The summed E-state index contributed by atoms with van der Waals surface area (Å²) in [7, 11) is 0. The van der Waals surface area contributed by atoms with Crippen molar-refractivity contribution >= 4 is 11.6 Å². The van der Waals surface area contributed by atoms with E-state index < -0.39 is 0 Å². The Labute approximate surface area is 100 Å². The molecular formula is C12H16ClN3. The van der Waals surface area contributed by atoms with Crippen LogP contribution in [-0.4, -0.2) is 15.5 Å². The molecule has 1 aromatic rings. The molecule has 0 atom stereocenters. The Morgan fingerprint density at radius 3 is 2.75 bits per heavy atom. The molecular weight excluding hydrogens is 222 g/mol. The van der Waals surface area contributed by atoms with Gasteiger partial charge in [-0.15, -0.1) is 0 Å². The first kappa shape index (κ1) is 10.5. The van der Waals surface area contributed by atoms with E-state index in [1.807, 2.05) is 0 Å². The minimum Gasteiger partial charge on any atom is -0.325 e. The smallest absolute Gasteiger partial charge is 0.135 e. The lowest BCUT2D eigenvalue weighted by Crippen LogP contribution is -2.22. The van der Waals surface area contributed by atoms with Crippen LogP contribution >= 0.6 is 11.6 Å². The number of nitrogens with two attached hydrogens (primary N) is 1. The molecule has 4 heteroatoms. The van der Waals surface area contributed by atoms with Gasteiger partial charge in [0.25, 0.3) is 0 Å². The summed E-state index contributed by atoms with van der Waals surface area (Å²) in [6, 6.07) is 0. The van der Waals surface area contributed by atoms with Crippen LogP contribution in [0.25, 0.3) is 0 Å². The highest BCUT2D eigenvalue weighted by Gasteiger charge is 2.38. The van der Waals surface area contributed by atoms with E-state index in [2.05, 4.69) is 9.97 Å². The van der Waals surface area contributed by atoms with Crippen LogP contribution in [0.3, 0.4) is 0 Å². The Balaban J connectivity index is 1.80. The summed E-state index contributed by atoms with van der Waals surface area (Å²) in [6.45, 7) is 0. The summed E-state index contributed by atoms with van der Waals surface area (Å²) in [5.41, 5.74) is 8.50. The van der Waals surface area contributed by atoms with Crippen LogP contribution in [0.15, 0.2) is 6.33 Å². The monoisotopic (exact) mass is 237 g/mol. The first-order valence-corrected chi connectivity index (χ1v) is 6.34. The Hall–Kier alpha value is -0.670. The summed E-state index contributed by atoms with van der Waals surface area (Å²) < 4.78 is 0.